The summed E-state index contributed by atoms with van der Waals surface area (Å²) >= 11 is 0. The van der Waals surface area contributed by atoms with E-state index in [1.807, 2.05) is 20.0 Å². The Morgan fingerprint density at radius 2 is 1.83 bits per heavy atom. The van der Waals surface area contributed by atoms with Crippen molar-refractivity contribution in [3.63, 3.8) is 0 Å². The van der Waals surface area contributed by atoms with E-state index in [1.165, 1.54) is 19.2 Å². The topological polar surface area (TPSA) is 91.1 Å². The number of nitrogens with two attached hydrogens (primary N) is 1. The van der Waals surface area contributed by atoms with Gasteiger partial charge in [-0.1, -0.05) is 47.5 Å². The lowest BCUT2D eigenvalue weighted by Gasteiger charge is -2.18. The van der Waals surface area contributed by atoms with Crippen LogP contribution in [0.1, 0.15) is 53.0 Å². The molecule has 0 amide bonds. The number of nitrogens with one attached hydrogen (secondary N) is 1. The molecule has 0 unspecified atom stereocenters. The summed E-state index contributed by atoms with van der Waals surface area (Å²) in [5.41, 5.74) is 8.46. The van der Waals surface area contributed by atoms with Gasteiger partial charge in [0, 0.05) is 24.8 Å². The molecule has 0 radical (unpaired) electrons. The molecule has 0 fully saturated rings. The molecule has 23 heavy (non-hydrogen) atoms. The van der Waals surface area contributed by atoms with E-state index in [4.69, 9.17) is 10.8 Å². The molecular formula is C17H33N5O. The summed E-state index contributed by atoms with van der Waals surface area (Å²) < 4.78 is 0. The van der Waals surface area contributed by atoms with Gasteiger partial charge in [-0.05, 0) is 6.54 Å². The number of rotatable bonds is 6. The number of nitrogen functional groups attached to an aromatic ring is 1. The smallest absolute Gasteiger partial charge is 0.151 e. The third-order valence-corrected chi connectivity index (χ3v) is 3.33. The van der Waals surface area contributed by atoms with Crippen LogP contribution in [0.4, 0.5) is 5.82 Å². The number of anilines is 1. The fourth-order valence-electron chi connectivity index (χ4n) is 1.86. The average molecular weight is 323 g/mol. The van der Waals surface area contributed by atoms with Crippen LogP contribution in [0.3, 0.4) is 0 Å². The zero-order valence-corrected chi connectivity index (χ0v) is 15.3. The molecule has 2 aromatic rings. The summed E-state index contributed by atoms with van der Waals surface area (Å²) in [6.07, 6.45) is 6.01. The lowest BCUT2D eigenvalue weighted by Crippen LogP contribution is -2.26. The van der Waals surface area contributed by atoms with E-state index in [0.29, 0.717) is 12.4 Å². The second-order valence-electron chi connectivity index (χ2n) is 4.89. The van der Waals surface area contributed by atoms with E-state index in [9.17, 15) is 0 Å². The highest BCUT2D eigenvalue weighted by Crippen LogP contribution is 2.20. The Bertz CT molecular complexity index is 525. The Hall–Kier alpha value is -1.66. The summed E-state index contributed by atoms with van der Waals surface area (Å²) in [5.74, 6) is 0.464. The Morgan fingerprint density at radius 1 is 1.17 bits per heavy atom. The monoisotopic (exact) mass is 323 g/mol. The van der Waals surface area contributed by atoms with Crippen molar-refractivity contribution in [1.82, 2.24) is 19.9 Å². The maximum Gasteiger partial charge on any atom is 0.151 e. The maximum absolute atomic E-state index is 8.96. The number of aromatic amines is 1. The van der Waals surface area contributed by atoms with Crippen molar-refractivity contribution in [3.05, 3.63) is 18.1 Å². The Labute approximate surface area is 140 Å². The van der Waals surface area contributed by atoms with Crippen LogP contribution in [-0.2, 0) is 6.54 Å². The third kappa shape index (κ3) is 6.97. The van der Waals surface area contributed by atoms with Crippen molar-refractivity contribution >= 4 is 16.9 Å². The highest BCUT2D eigenvalue weighted by molar-refractivity contribution is 5.86. The largest absolute Gasteiger partial charge is 0.395 e. The molecular weight excluding hydrogens is 290 g/mol. The molecule has 2 aromatic heterocycles. The molecule has 6 nitrogen and oxygen atoms in total. The van der Waals surface area contributed by atoms with Crippen molar-refractivity contribution in [2.45, 2.75) is 54.0 Å². The quantitative estimate of drug-likeness (QED) is 0.759. The minimum absolute atomic E-state index is 0.160. The number of fused-ring (bicyclic) bond motifs is 1. The first-order valence-corrected chi connectivity index (χ1v) is 8.57. The summed E-state index contributed by atoms with van der Waals surface area (Å²) in [5, 5.41) is 8.96. The first-order valence-electron chi connectivity index (χ1n) is 8.57. The molecule has 0 saturated carbocycles. The predicted octanol–water partition coefficient (Wildman–Crippen LogP) is 3.19. The molecule has 132 valence electrons. The first kappa shape index (κ1) is 21.3. The van der Waals surface area contributed by atoms with Crippen LogP contribution in [0.5, 0.6) is 0 Å². The van der Waals surface area contributed by atoms with Gasteiger partial charge in [0.05, 0.1) is 12.1 Å². The van der Waals surface area contributed by atoms with Gasteiger partial charge in [-0.25, -0.2) is 9.97 Å². The summed E-state index contributed by atoms with van der Waals surface area (Å²) in [6, 6.07) is 0. The maximum atomic E-state index is 8.96. The number of aromatic nitrogens is 3. The number of hydrogen-bond acceptors (Lipinski definition) is 5. The van der Waals surface area contributed by atoms with Gasteiger partial charge in [0.25, 0.3) is 0 Å². The summed E-state index contributed by atoms with van der Waals surface area (Å²) in [7, 11) is 0. The van der Waals surface area contributed by atoms with Crippen molar-refractivity contribution in [1.29, 1.82) is 0 Å². The lowest BCUT2D eigenvalue weighted by atomic mass is 10.2. The molecule has 0 bridgehead atoms. The van der Waals surface area contributed by atoms with Crippen LogP contribution in [0.25, 0.3) is 11.0 Å². The molecule has 4 N–H and O–H groups in total. The first-order chi connectivity index (χ1) is 11.2. The normalized spacial score (nSPS) is 10.0. The van der Waals surface area contributed by atoms with Gasteiger partial charge in [-0.15, -0.1) is 0 Å². The van der Waals surface area contributed by atoms with E-state index in [0.717, 1.165) is 29.7 Å². The minimum Gasteiger partial charge on any atom is -0.395 e. The molecule has 6 heteroatoms. The summed E-state index contributed by atoms with van der Waals surface area (Å²) in [6.45, 7) is 12.9. The molecule has 2 rings (SSSR count). The van der Waals surface area contributed by atoms with Gasteiger partial charge < -0.3 is 15.8 Å². The number of unbranched alkanes of at least 4 members (excludes halogenated alkanes) is 1. The predicted molar refractivity (Wildman–Crippen MR) is 98.3 cm³/mol. The van der Waals surface area contributed by atoms with E-state index >= 15 is 0 Å². The van der Waals surface area contributed by atoms with Crippen LogP contribution in [-0.4, -0.2) is 44.7 Å². The second kappa shape index (κ2) is 12.8. The van der Waals surface area contributed by atoms with Crippen LogP contribution in [0.15, 0.2) is 12.5 Å². The number of nitrogens with zero attached hydrogens (tertiary/aromatic N) is 3. The number of hydrogen-bond donors (Lipinski definition) is 3. The molecule has 0 saturated heterocycles. The fraction of sp³-hybridized carbons (Fsp3) is 0.647. The van der Waals surface area contributed by atoms with Crippen molar-refractivity contribution in [3.8, 4) is 0 Å². The van der Waals surface area contributed by atoms with Gasteiger partial charge in [0.2, 0.25) is 0 Å². The molecule has 2 heterocycles. The zero-order valence-electron chi connectivity index (χ0n) is 15.3. The Kier molecular flexibility index (Phi) is 11.9. The molecule has 0 aliphatic rings. The van der Waals surface area contributed by atoms with Crippen molar-refractivity contribution in [2.24, 2.45) is 0 Å². The number of H-pyrrole nitrogens is 1. The molecule has 0 aromatic carbocycles. The molecule has 0 spiro atoms. The lowest BCUT2D eigenvalue weighted by molar-refractivity contribution is 0.197. The van der Waals surface area contributed by atoms with Crippen LogP contribution in [0.2, 0.25) is 0 Å². The number of aliphatic hydroxyl groups excluding tert-OH is 1. The van der Waals surface area contributed by atoms with E-state index in [2.05, 4.69) is 40.6 Å². The highest BCUT2D eigenvalue weighted by atomic mass is 16.3. The van der Waals surface area contributed by atoms with Crippen LogP contribution in [0, 0.1) is 0 Å². The molecule has 0 aliphatic carbocycles. The van der Waals surface area contributed by atoms with Gasteiger partial charge in [-0.2, -0.15) is 0 Å². The van der Waals surface area contributed by atoms with Gasteiger partial charge in [-0.3, -0.25) is 4.90 Å². The second-order valence-corrected chi connectivity index (χ2v) is 4.89. The zero-order chi connectivity index (χ0) is 17.7. The average Bonchev–Trinajstić information content (AvgIpc) is 3.01. The Morgan fingerprint density at radius 3 is 2.35 bits per heavy atom. The number of likely N-dealkylation sites (N-methyl/N-ethyl adjacent to an activating group) is 1. The van der Waals surface area contributed by atoms with Gasteiger partial charge in [0.15, 0.2) is 5.82 Å². The highest BCUT2D eigenvalue weighted by Gasteiger charge is 2.11. The van der Waals surface area contributed by atoms with E-state index in [1.54, 1.807) is 0 Å². The van der Waals surface area contributed by atoms with Crippen molar-refractivity contribution in [2.75, 3.05) is 25.4 Å². The summed E-state index contributed by atoms with van der Waals surface area (Å²) in [4.78, 5) is 13.4. The van der Waals surface area contributed by atoms with Crippen molar-refractivity contribution < 1.29 is 5.11 Å². The van der Waals surface area contributed by atoms with E-state index in [-0.39, 0.29) is 6.61 Å². The SMILES string of the molecule is CC.CCCC.CCN(CCO)Cc1c[nH]c2c(N)ncnc12. The molecule has 0 aliphatic heterocycles. The van der Waals surface area contributed by atoms with Gasteiger partial charge >= 0.3 is 0 Å². The number of aliphatic hydroxyl groups is 1. The minimum atomic E-state index is 0.160. The third-order valence-electron chi connectivity index (χ3n) is 3.33. The fourth-order valence-corrected chi connectivity index (χ4v) is 1.86. The van der Waals surface area contributed by atoms with Crippen LogP contribution < -0.4 is 5.73 Å². The standard InChI is InChI=1S/C11H17N5O.C4H10.C2H6/c1-2-16(3-4-17)6-8-5-13-10-9(8)14-7-15-11(10)12;1-3-4-2;1-2/h5,7,13,17H,2-4,6H2,1H3,(H2,12,14,15);3-4H2,1-2H3;1-2H3. The molecule has 0 atom stereocenters. The van der Waals surface area contributed by atoms with E-state index < -0.39 is 0 Å². The van der Waals surface area contributed by atoms with Gasteiger partial charge in [0.1, 0.15) is 11.8 Å². The Balaban J connectivity index is 0.000000705. The van der Waals surface area contributed by atoms with Crippen LogP contribution >= 0.6 is 0 Å².